The second-order valence-electron chi connectivity index (χ2n) is 2.93. The highest BCUT2D eigenvalue weighted by atomic mass is 15.4. The zero-order valence-corrected chi connectivity index (χ0v) is 6.59. The number of nitrogens with zero attached hydrogens (tertiary/aromatic N) is 1. The Bertz CT molecular complexity index is 104. The fraction of sp³-hybridized carbons (Fsp3) is 1.00. The van der Waals surface area contributed by atoms with E-state index in [0.717, 1.165) is 13.1 Å². The molecule has 0 aromatic carbocycles. The van der Waals surface area contributed by atoms with Gasteiger partial charge >= 0.3 is 0 Å². The number of nitrogens with one attached hydrogen (secondary N) is 2. The molecule has 0 saturated carbocycles. The Balaban J connectivity index is 1.87. The highest BCUT2D eigenvalue weighted by Crippen LogP contribution is 1.97. The quantitative estimate of drug-likeness (QED) is 0.414. The lowest BCUT2D eigenvalue weighted by atomic mass is 10.5. The molecule has 1 rings (SSSR count). The molecular weight excluding hydrogens is 128 g/mol. The lowest BCUT2D eigenvalue weighted by molar-refractivity contribution is 0.398. The topological polar surface area (TPSA) is 63.2 Å². The van der Waals surface area contributed by atoms with Crippen LogP contribution in [0.3, 0.4) is 0 Å². The number of likely N-dealkylation sites (N-methyl/N-ethyl adjacent to an activating group) is 1. The zero-order valence-electron chi connectivity index (χ0n) is 6.59. The van der Waals surface area contributed by atoms with E-state index in [1.54, 1.807) is 0 Å². The van der Waals surface area contributed by atoms with Crippen LogP contribution in [0.1, 0.15) is 0 Å². The smallest absolute Gasteiger partial charge is 0.0877 e. The van der Waals surface area contributed by atoms with E-state index in [1.165, 1.54) is 0 Å². The van der Waals surface area contributed by atoms with E-state index in [1.807, 2.05) is 0 Å². The Kier molecular flexibility index (Phi) is 2.62. The molecule has 10 heavy (non-hydrogen) atoms. The number of hydrogen-bond acceptors (Lipinski definition) is 4. The summed E-state index contributed by atoms with van der Waals surface area (Å²) >= 11 is 0. The summed E-state index contributed by atoms with van der Waals surface area (Å²) in [7, 11) is 4.11. The van der Waals surface area contributed by atoms with Crippen molar-refractivity contribution in [3.63, 3.8) is 0 Å². The summed E-state index contributed by atoms with van der Waals surface area (Å²) in [4.78, 5) is 2.14. The first-order valence-electron chi connectivity index (χ1n) is 3.60. The summed E-state index contributed by atoms with van der Waals surface area (Å²) in [5.41, 5.74) is 5.50. The van der Waals surface area contributed by atoms with E-state index in [0.29, 0.717) is 6.17 Å². The van der Waals surface area contributed by atoms with Gasteiger partial charge in [0.25, 0.3) is 0 Å². The van der Waals surface area contributed by atoms with Crippen molar-refractivity contribution in [3.05, 3.63) is 0 Å². The second-order valence-corrected chi connectivity index (χ2v) is 2.93. The van der Waals surface area contributed by atoms with Crippen LogP contribution in [0.15, 0.2) is 0 Å². The van der Waals surface area contributed by atoms with Crippen molar-refractivity contribution in [2.75, 3.05) is 27.2 Å². The molecule has 0 aliphatic carbocycles. The van der Waals surface area contributed by atoms with Crippen molar-refractivity contribution in [3.8, 4) is 0 Å². The van der Waals surface area contributed by atoms with Gasteiger partial charge in [-0.2, -0.15) is 0 Å². The van der Waals surface area contributed by atoms with E-state index in [-0.39, 0.29) is 6.17 Å². The number of nitrogens with two attached hydrogens (primary N) is 1. The average molecular weight is 144 g/mol. The van der Waals surface area contributed by atoms with E-state index < -0.39 is 0 Å². The highest BCUT2D eigenvalue weighted by Gasteiger charge is 2.30. The molecule has 60 valence electrons. The number of rotatable bonds is 4. The van der Waals surface area contributed by atoms with Gasteiger partial charge in [0.1, 0.15) is 0 Å². The zero-order chi connectivity index (χ0) is 7.56. The summed E-state index contributed by atoms with van der Waals surface area (Å²) in [6.07, 6.45) is 0.544. The van der Waals surface area contributed by atoms with Gasteiger partial charge in [0.15, 0.2) is 0 Å². The first-order valence-corrected chi connectivity index (χ1v) is 3.60. The van der Waals surface area contributed by atoms with Crippen LogP contribution in [-0.2, 0) is 0 Å². The summed E-state index contributed by atoms with van der Waals surface area (Å²) < 4.78 is 0. The molecule has 1 aliphatic heterocycles. The highest BCUT2D eigenvalue weighted by molar-refractivity contribution is 4.90. The lowest BCUT2D eigenvalue weighted by Crippen LogP contribution is -2.31. The van der Waals surface area contributed by atoms with Gasteiger partial charge in [-0.05, 0) is 14.1 Å². The van der Waals surface area contributed by atoms with E-state index >= 15 is 0 Å². The molecule has 1 unspecified atom stereocenters. The molecule has 4 N–H and O–H groups in total. The molecule has 0 aromatic heterocycles. The molecule has 0 aromatic rings. The SMILES string of the molecule is CN(C)CCNC1N[C@H]1N. The van der Waals surface area contributed by atoms with Gasteiger partial charge in [-0.1, -0.05) is 0 Å². The van der Waals surface area contributed by atoms with Crippen molar-refractivity contribution in [2.45, 2.75) is 12.3 Å². The van der Waals surface area contributed by atoms with Crippen LogP contribution in [0.5, 0.6) is 0 Å². The molecule has 0 spiro atoms. The molecule has 4 heteroatoms. The third-order valence-electron chi connectivity index (χ3n) is 1.55. The second kappa shape index (κ2) is 3.30. The summed E-state index contributed by atoms with van der Waals surface area (Å²) in [5.74, 6) is 0. The van der Waals surface area contributed by atoms with Gasteiger partial charge < -0.3 is 10.6 Å². The number of hydrogen-bond donors (Lipinski definition) is 3. The molecule has 1 heterocycles. The van der Waals surface area contributed by atoms with Crippen LogP contribution in [0, 0.1) is 0 Å². The molecule has 1 saturated heterocycles. The fourth-order valence-electron chi connectivity index (χ4n) is 0.781. The third-order valence-corrected chi connectivity index (χ3v) is 1.55. The maximum absolute atomic E-state index is 5.50. The van der Waals surface area contributed by atoms with Gasteiger partial charge in [-0.15, -0.1) is 0 Å². The predicted octanol–water partition coefficient (Wildman–Crippen LogP) is -1.65. The maximum Gasteiger partial charge on any atom is 0.0877 e. The van der Waals surface area contributed by atoms with Crippen molar-refractivity contribution in [1.82, 2.24) is 15.5 Å². The van der Waals surface area contributed by atoms with E-state index in [4.69, 9.17) is 5.73 Å². The third kappa shape index (κ3) is 2.62. The first-order chi connectivity index (χ1) is 4.70. The monoisotopic (exact) mass is 144 g/mol. The standard InChI is InChI=1S/C6H16N4/c1-10(2)4-3-8-6-5(7)9-6/h5-6,8-9H,3-4,7H2,1-2H3/t5-,6?/m1/s1. The molecule has 4 nitrogen and oxygen atoms in total. The van der Waals surface area contributed by atoms with Gasteiger partial charge in [-0.25, -0.2) is 0 Å². The Morgan fingerprint density at radius 2 is 2.20 bits per heavy atom. The first kappa shape index (κ1) is 7.94. The van der Waals surface area contributed by atoms with Crippen molar-refractivity contribution >= 4 is 0 Å². The van der Waals surface area contributed by atoms with Gasteiger partial charge in [-0.3, -0.25) is 10.6 Å². The largest absolute Gasteiger partial charge is 0.313 e. The minimum Gasteiger partial charge on any atom is -0.313 e. The van der Waals surface area contributed by atoms with E-state index in [9.17, 15) is 0 Å². The molecule has 0 radical (unpaired) electrons. The molecule has 0 bridgehead atoms. The van der Waals surface area contributed by atoms with E-state index in [2.05, 4.69) is 29.6 Å². The van der Waals surface area contributed by atoms with Gasteiger partial charge in [0, 0.05) is 13.1 Å². The summed E-state index contributed by atoms with van der Waals surface area (Å²) in [6, 6.07) is 0. The van der Waals surface area contributed by atoms with Crippen LogP contribution in [0.25, 0.3) is 0 Å². The molecular formula is C6H16N4. The Morgan fingerprint density at radius 1 is 1.60 bits per heavy atom. The van der Waals surface area contributed by atoms with Crippen molar-refractivity contribution in [1.29, 1.82) is 0 Å². The molecule has 1 fully saturated rings. The summed E-state index contributed by atoms with van der Waals surface area (Å²) in [5, 5.41) is 6.31. The predicted molar refractivity (Wildman–Crippen MR) is 41.5 cm³/mol. The van der Waals surface area contributed by atoms with Crippen molar-refractivity contribution in [2.24, 2.45) is 5.73 Å². The van der Waals surface area contributed by atoms with Gasteiger partial charge in [0.05, 0.1) is 12.3 Å². The Morgan fingerprint density at radius 3 is 2.60 bits per heavy atom. The minimum absolute atomic E-state index is 0.183. The molecule has 1 aliphatic rings. The fourth-order valence-corrected chi connectivity index (χ4v) is 0.781. The minimum atomic E-state index is 0.183. The lowest BCUT2D eigenvalue weighted by Gasteiger charge is -2.08. The summed E-state index contributed by atoms with van der Waals surface area (Å²) in [6.45, 7) is 2.06. The Hall–Kier alpha value is -0.160. The van der Waals surface area contributed by atoms with Crippen LogP contribution < -0.4 is 16.4 Å². The Labute approximate surface area is 61.8 Å². The van der Waals surface area contributed by atoms with Crippen LogP contribution in [0.2, 0.25) is 0 Å². The normalized spacial score (nSPS) is 31.2. The average Bonchev–Trinajstić information content (AvgIpc) is 2.46. The maximum atomic E-state index is 5.50. The molecule has 2 atom stereocenters. The van der Waals surface area contributed by atoms with Crippen LogP contribution in [0.4, 0.5) is 0 Å². The van der Waals surface area contributed by atoms with Crippen LogP contribution in [-0.4, -0.2) is 44.4 Å². The van der Waals surface area contributed by atoms with Gasteiger partial charge in [0.2, 0.25) is 0 Å². The van der Waals surface area contributed by atoms with Crippen LogP contribution >= 0.6 is 0 Å². The van der Waals surface area contributed by atoms with Crippen molar-refractivity contribution < 1.29 is 0 Å². The molecule has 0 amide bonds.